The second-order valence-corrected chi connectivity index (χ2v) is 21.7. The monoisotopic (exact) mass is 989 g/mol. The van der Waals surface area contributed by atoms with Crippen LogP contribution in [-0.4, -0.2) is 92.4 Å². The topological polar surface area (TPSA) is 93.9 Å². The summed E-state index contributed by atoms with van der Waals surface area (Å²) >= 11 is 0. The van der Waals surface area contributed by atoms with Crippen LogP contribution in [0.3, 0.4) is 0 Å². The number of rotatable bonds is 32. The summed E-state index contributed by atoms with van der Waals surface area (Å²) in [6, 6.07) is 17.4. The average molecular weight is 990 g/mol. The van der Waals surface area contributed by atoms with Crippen molar-refractivity contribution in [3.63, 3.8) is 0 Å². The van der Waals surface area contributed by atoms with E-state index in [9.17, 15) is 20.4 Å². The smallest absolute Gasteiger partial charge is 0.122 e. The Morgan fingerprint density at radius 3 is 0.528 bits per heavy atom. The minimum Gasteiger partial charge on any atom is -0.507 e. The highest BCUT2D eigenvalue weighted by Gasteiger charge is 2.24. The Morgan fingerprint density at radius 2 is 0.403 bits per heavy atom. The number of benzene rings is 4. The fourth-order valence-corrected chi connectivity index (χ4v) is 10.8. The van der Waals surface area contributed by atoms with Crippen LogP contribution in [0.1, 0.15) is 225 Å². The first kappa shape index (κ1) is 58.8. The van der Waals surface area contributed by atoms with E-state index in [1.54, 1.807) is 0 Å². The third-order valence-electron chi connectivity index (χ3n) is 15.1. The van der Waals surface area contributed by atoms with Gasteiger partial charge in [-0.15, -0.1) is 0 Å². The van der Waals surface area contributed by atoms with Gasteiger partial charge in [-0.1, -0.05) is 155 Å². The lowest BCUT2D eigenvalue weighted by atomic mass is 9.88. The zero-order valence-corrected chi connectivity index (χ0v) is 46.8. The van der Waals surface area contributed by atoms with Crippen LogP contribution in [0.2, 0.25) is 0 Å². The van der Waals surface area contributed by atoms with Crippen molar-refractivity contribution in [2.45, 2.75) is 210 Å². The van der Waals surface area contributed by atoms with Gasteiger partial charge in [0.1, 0.15) is 23.0 Å². The van der Waals surface area contributed by atoms with Crippen molar-refractivity contribution in [1.29, 1.82) is 0 Å². The van der Waals surface area contributed by atoms with Crippen LogP contribution >= 0.6 is 0 Å². The third-order valence-corrected chi connectivity index (χ3v) is 15.1. The molecule has 8 nitrogen and oxygen atoms in total. The maximum atomic E-state index is 12.6. The Kier molecular flexibility index (Phi) is 25.8. The molecule has 8 bridgehead atoms. The van der Waals surface area contributed by atoms with Crippen molar-refractivity contribution in [2.75, 3.05) is 52.4 Å². The number of aromatic hydroxyl groups is 4. The first-order valence-corrected chi connectivity index (χ1v) is 29.2. The Bertz CT molecular complexity index is 1790. The van der Waals surface area contributed by atoms with Gasteiger partial charge in [-0.05, 0) is 170 Å². The van der Waals surface area contributed by atoms with Crippen LogP contribution in [0.15, 0.2) is 48.5 Å². The molecule has 4 aromatic carbocycles. The molecular formula is C64H100N4O4. The summed E-state index contributed by atoms with van der Waals surface area (Å²) in [5.41, 5.74) is 10.9. The molecule has 5 rings (SSSR count). The summed E-state index contributed by atoms with van der Waals surface area (Å²) in [5.74, 6) is 0.946. The van der Waals surface area contributed by atoms with E-state index in [1.807, 2.05) is 0 Å². The van der Waals surface area contributed by atoms with Crippen LogP contribution in [0.25, 0.3) is 0 Å². The van der Waals surface area contributed by atoms with E-state index >= 15 is 0 Å². The number of phenolic OH excluding ortho intramolecular Hbond substituents is 4. The van der Waals surface area contributed by atoms with Crippen molar-refractivity contribution < 1.29 is 20.4 Å². The van der Waals surface area contributed by atoms with Crippen LogP contribution < -0.4 is 0 Å². The quantitative estimate of drug-likeness (QED) is 0.0339. The third kappa shape index (κ3) is 18.1. The van der Waals surface area contributed by atoms with Gasteiger partial charge in [0.05, 0.1) is 0 Å². The highest BCUT2D eigenvalue weighted by Crippen LogP contribution is 2.40. The zero-order chi connectivity index (χ0) is 51.8. The first-order chi connectivity index (χ1) is 35.0. The average Bonchev–Trinajstić information content (AvgIpc) is 3.37. The summed E-state index contributed by atoms with van der Waals surface area (Å²) in [6.45, 7) is 29.3. The normalized spacial score (nSPS) is 12.8. The van der Waals surface area contributed by atoms with Crippen LogP contribution in [-0.2, 0) is 51.9 Å². The minimum atomic E-state index is 0.237. The Balaban J connectivity index is 1.79. The zero-order valence-electron chi connectivity index (χ0n) is 46.8. The number of nitrogens with zero attached hydrogens (tertiary/aromatic N) is 4. The predicted molar refractivity (Wildman–Crippen MR) is 304 cm³/mol. The van der Waals surface area contributed by atoms with E-state index in [-0.39, 0.29) is 23.0 Å². The first-order valence-electron chi connectivity index (χ1n) is 29.2. The summed E-state index contributed by atoms with van der Waals surface area (Å²) in [4.78, 5) is 10.3. The number of hydrogen-bond acceptors (Lipinski definition) is 8. The summed E-state index contributed by atoms with van der Waals surface area (Å²) < 4.78 is 0. The largest absolute Gasteiger partial charge is 0.507 e. The summed E-state index contributed by atoms with van der Waals surface area (Å²) in [7, 11) is 0. The lowest BCUT2D eigenvalue weighted by Crippen LogP contribution is -2.26. The van der Waals surface area contributed by atoms with Gasteiger partial charge in [0.25, 0.3) is 0 Å². The maximum Gasteiger partial charge on any atom is 0.122 e. The summed E-state index contributed by atoms with van der Waals surface area (Å²) in [5, 5.41) is 50.3. The summed E-state index contributed by atoms with van der Waals surface area (Å²) in [6.07, 6.45) is 19.5. The molecular weight excluding hydrogens is 889 g/mol. The molecule has 0 saturated heterocycles. The molecule has 0 fully saturated rings. The molecule has 1 aliphatic rings. The van der Waals surface area contributed by atoms with Gasteiger partial charge in [0, 0.05) is 51.9 Å². The minimum absolute atomic E-state index is 0.237. The van der Waals surface area contributed by atoms with Crippen molar-refractivity contribution in [3.05, 3.63) is 115 Å². The van der Waals surface area contributed by atoms with Crippen molar-refractivity contribution in [2.24, 2.45) is 0 Å². The molecule has 1 aliphatic carbocycles. The number of fused-ring (bicyclic) bond motifs is 8. The SMILES string of the molecule is CCCCN(CCCC)Cc1cc2c(O)c(c1)Cc1cc(CN(CCCC)CCCC)cc(c1O)Cc1cc(CN(CCCC)CCCC)cc(c1O)Cc1cc(CN(CCCC)CCCC)cc(c1O)C2. The Hall–Kier alpha value is -4.08. The maximum absolute atomic E-state index is 12.6. The molecule has 0 heterocycles. The molecule has 0 aliphatic heterocycles. The number of phenols is 4. The van der Waals surface area contributed by atoms with Gasteiger partial charge in [0.15, 0.2) is 0 Å². The molecule has 0 saturated carbocycles. The standard InChI is InChI=1S/C64H100N4O4/c1-9-17-25-65(26-18-10-2)45-49-33-53-41-55-35-50(46-66(27-19-11-3)28-20-12-4)37-57(62(55)70)43-59-39-52(48-68(31-23-15-7)32-24-16-8)40-60(64(59)72)44-58-38-51(47-67(29-21-13-5)30-22-14-6)36-56(63(58)71)42-54(34-49)61(53)69/h33-40,69-72H,9-32,41-48H2,1-8H3. The second-order valence-electron chi connectivity index (χ2n) is 21.7. The van der Waals surface area contributed by atoms with E-state index < -0.39 is 0 Å². The predicted octanol–water partition coefficient (Wildman–Crippen LogP) is 14.8. The lowest BCUT2D eigenvalue weighted by molar-refractivity contribution is 0.256. The molecule has 400 valence electrons. The highest BCUT2D eigenvalue weighted by molar-refractivity contribution is 5.57. The molecule has 4 N–H and O–H groups in total. The molecule has 0 amide bonds. The van der Waals surface area contributed by atoms with Crippen molar-refractivity contribution >= 4 is 0 Å². The van der Waals surface area contributed by atoms with Gasteiger partial charge < -0.3 is 20.4 Å². The number of unbranched alkanes of at least 4 members (excludes halogenated alkanes) is 8. The molecule has 0 atom stereocenters. The van der Waals surface area contributed by atoms with Crippen LogP contribution in [0.5, 0.6) is 23.0 Å². The second kappa shape index (κ2) is 31.6. The molecule has 72 heavy (non-hydrogen) atoms. The van der Waals surface area contributed by atoms with Crippen molar-refractivity contribution in [1.82, 2.24) is 19.6 Å². The van der Waals surface area contributed by atoms with Gasteiger partial charge in [-0.2, -0.15) is 0 Å². The molecule has 0 unspecified atom stereocenters. The van der Waals surface area contributed by atoms with E-state index in [0.717, 1.165) is 248 Å². The van der Waals surface area contributed by atoms with Gasteiger partial charge >= 0.3 is 0 Å². The van der Waals surface area contributed by atoms with Gasteiger partial charge in [0.2, 0.25) is 0 Å². The lowest BCUT2D eigenvalue weighted by Gasteiger charge is -2.26. The molecule has 0 radical (unpaired) electrons. The van der Waals surface area contributed by atoms with E-state index in [1.165, 1.54) is 0 Å². The van der Waals surface area contributed by atoms with Crippen LogP contribution in [0, 0.1) is 0 Å². The van der Waals surface area contributed by atoms with E-state index in [0.29, 0.717) is 25.7 Å². The molecule has 0 spiro atoms. The molecule has 0 aromatic heterocycles. The fourth-order valence-electron chi connectivity index (χ4n) is 10.8. The Labute approximate surface area is 438 Å². The van der Waals surface area contributed by atoms with E-state index in [4.69, 9.17) is 0 Å². The van der Waals surface area contributed by atoms with Crippen LogP contribution in [0.4, 0.5) is 0 Å². The van der Waals surface area contributed by atoms with Gasteiger partial charge in [-0.25, -0.2) is 0 Å². The number of hydrogen-bond donors (Lipinski definition) is 4. The molecule has 4 aromatic rings. The van der Waals surface area contributed by atoms with Gasteiger partial charge in [-0.3, -0.25) is 19.6 Å². The fraction of sp³-hybridized carbons (Fsp3) is 0.625. The van der Waals surface area contributed by atoms with Crippen molar-refractivity contribution in [3.8, 4) is 23.0 Å². The highest BCUT2D eigenvalue weighted by atomic mass is 16.3. The molecule has 8 heteroatoms. The van der Waals surface area contributed by atoms with E-state index in [2.05, 4.69) is 124 Å². The Morgan fingerprint density at radius 1 is 0.264 bits per heavy atom.